The Bertz CT molecular complexity index is 745. The van der Waals surface area contributed by atoms with Gasteiger partial charge in [0.2, 0.25) is 0 Å². The van der Waals surface area contributed by atoms with Gasteiger partial charge in [0.05, 0.1) is 0 Å². The summed E-state index contributed by atoms with van der Waals surface area (Å²) in [5.41, 5.74) is 5.95. The molecule has 0 atom stereocenters. The summed E-state index contributed by atoms with van der Waals surface area (Å²) >= 11 is 0. The quantitative estimate of drug-likeness (QED) is 0.888. The molecule has 0 spiro atoms. The van der Waals surface area contributed by atoms with Crippen molar-refractivity contribution < 1.29 is 9.53 Å². The third-order valence-electron chi connectivity index (χ3n) is 4.24. The summed E-state index contributed by atoms with van der Waals surface area (Å²) in [5, 5.41) is 6.22. The zero-order valence-corrected chi connectivity index (χ0v) is 15.2. The molecule has 0 bridgehead atoms. The van der Waals surface area contributed by atoms with Crippen LogP contribution >= 0.6 is 0 Å². The number of rotatable bonds is 3. The SMILES string of the molecule is CC(C)(C)OC(=O)NCc1ccc(-c2cccc3c2CCNC3)cc1. The van der Waals surface area contributed by atoms with Crippen molar-refractivity contribution in [1.29, 1.82) is 0 Å². The normalized spacial score (nSPS) is 13.9. The Morgan fingerprint density at radius 1 is 1.16 bits per heavy atom. The number of benzene rings is 2. The molecule has 1 amide bonds. The van der Waals surface area contributed by atoms with Crippen LogP contribution in [0.4, 0.5) is 4.79 Å². The molecule has 2 aromatic carbocycles. The van der Waals surface area contributed by atoms with Gasteiger partial charge in [0.15, 0.2) is 0 Å². The molecule has 1 heterocycles. The van der Waals surface area contributed by atoms with E-state index < -0.39 is 5.60 Å². The van der Waals surface area contributed by atoms with Crippen LogP contribution in [0.5, 0.6) is 0 Å². The zero-order valence-electron chi connectivity index (χ0n) is 15.2. The molecule has 1 aliphatic rings. The second-order valence-electron chi connectivity index (χ2n) is 7.42. The minimum atomic E-state index is -0.477. The smallest absolute Gasteiger partial charge is 0.407 e. The molecule has 0 saturated carbocycles. The van der Waals surface area contributed by atoms with Gasteiger partial charge < -0.3 is 15.4 Å². The third-order valence-corrected chi connectivity index (χ3v) is 4.24. The average Bonchev–Trinajstić information content (AvgIpc) is 2.58. The first-order valence-electron chi connectivity index (χ1n) is 8.80. The van der Waals surface area contributed by atoms with Gasteiger partial charge in [0, 0.05) is 13.1 Å². The van der Waals surface area contributed by atoms with E-state index in [4.69, 9.17) is 4.74 Å². The monoisotopic (exact) mass is 338 g/mol. The molecular weight excluding hydrogens is 312 g/mol. The standard InChI is InChI=1S/C21H26N2O2/c1-21(2,3)25-20(24)23-13-15-7-9-16(10-8-15)18-6-4-5-17-14-22-12-11-19(17)18/h4-10,22H,11-14H2,1-3H3,(H,23,24). The van der Waals surface area contributed by atoms with Gasteiger partial charge in [-0.2, -0.15) is 0 Å². The Hall–Kier alpha value is -2.33. The van der Waals surface area contributed by atoms with Crippen molar-refractivity contribution in [2.75, 3.05) is 6.54 Å². The van der Waals surface area contributed by atoms with Gasteiger partial charge in [0.25, 0.3) is 0 Å². The maximum Gasteiger partial charge on any atom is 0.407 e. The van der Waals surface area contributed by atoms with E-state index in [-0.39, 0.29) is 6.09 Å². The molecule has 3 rings (SSSR count). The van der Waals surface area contributed by atoms with Crippen LogP contribution in [0.2, 0.25) is 0 Å². The Kier molecular flexibility index (Phi) is 5.09. The third kappa shape index (κ3) is 4.60. The molecule has 2 aromatic rings. The van der Waals surface area contributed by atoms with E-state index in [9.17, 15) is 4.79 Å². The van der Waals surface area contributed by atoms with Crippen LogP contribution in [0, 0.1) is 0 Å². The first kappa shape index (κ1) is 17.5. The van der Waals surface area contributed by atoms with E-state index in [1.54, 1.807) is 0 Å². The average molecular weight is 338 g/mol. The Balaban J connectivity index is 1.68. The van der Waals surface area contributed by atoms with Crippen LogP contribution in [0.15, 0.2) is 42.5 Å². The number of carbonyl (C=O) groups is 1. The topological polar surface area (TPSA) is 50.4 Å². The first-order valence-corrected chi connectivity index (χ1v) is 8.80. The summed E-state index contributed by atoms with van der Waals surface area (Å²) in [7, 11) is 0. The number of amides is 1. The van der Waals surface area contributed by atoms with Gasteiger partial charge in [-0.25, -0.2) is 4.79 Å². The lowest BCUT2D eigenvalue weighted by molar-refractivity contribution is 0.0523. The fraction of sp³-hybridized carbons (Fsp3) is 0.381. The van der Waals surface area contributed by atoms with E-state index in [1.165, 1.54) is 22.3 Å². The molecule has 132 valence electrons. The highest BCUT2D eigenvalue weighted by atomic mass is 16.6. The largest absolute Gasteiger partial charge is 0.444 e. The van der Waals surface area contributed by atoms with Gasteiger partial charge in [-0.1, -0.05) is 42.5 Å². The van der Waals surface area contributed by atoms with E-state index in [1.807, 2.05) is 20.8 Å². The fourth-order valence-electron chi connectivity index (χ4n) is 3.09. The molecule has 1 aliphatic heterocycles. The van der Waals surface area contributed by atoms with Crippen molar-refractivity contribution in [2.45, 2.75) is 45.9 Å². The summed E-state index contributed by atoms with van der Waals surface area (Å²) in [6.45, 7) is 8.02. The Morgan fingerprint density at radius 3 is 2.64 bits per heavy atom. The second-order valence-corrected chi connectivity index (χ2v) is 7.42. The Morgan fingerprint density at radius 2 is 1.92 bits per heavy atom. The summed E-state index contributed by atoms with van der Waals surface area (Å²) in [6, 6.07) is 14.9. The van der Waals surface area contributed by atoms with Crippen LogP contribution in [-0.4, -0.2) is 18.2 Å². The maximum atomic E-state index is 11.7. The molecule has 0 aromatic heterocycles. The first-order chi connectivity index (χ1) is 11.9. The van der Waals surface area contributed by atoms with E-state index in [0.717, 1.165) is 25.1 Å². The Labute approximate surface area is 149 Å². The van der Waals surface area contributed by atoms with Crippen molar-refractivity contribution in [3.63, 3.8) is 0 Å². The molecule has 0 fully saturated rings. The number of alkyl carbamates (subject to hydrolysis) is 1. The maximum absolute atomic E-state index is 11.7. The molecule has 0 saturated heterocycles. The van der Waals surface area contributed by atoms with Gasteiger partial charge in [-0.05, 0) is 61.6 Å². The molecule has 0 radical (unpaired) electrons. The number of ether oxygens (including phenoxy) is 1. The van der Waals surface area contributed by atoms with E-state index in [2.05, 4.69) is 53.1 Å². The van der Waals surface area contributed by atoms with Crippen molar-refractivity contribution in [3.8, 4) is 11.1 Å². The van der Waals surface area contributed by atoms with Gasteiger partial charge in [0.1, 0.15) is 5.60 Å². The summed E-state index contributed by atoms with van der Waals surface area (Å²) in [4.78, 5) is 11.7. The highest BCUT2D eigenvalue weighted by Gasteiger charge is 2.16. The molecule has 0 unspecified atom stereocenters. The van der Waals surface area contributed by atoms with Crippen LogP contribution in [0.1, 0.15) is 37.5 Å². The van der Waals surface area contributed by atoms with Gasteiger partial charge in [-0.15, -0.1) is 0 Å². The summed E-state index contributed by atoms with van der Waals surface area (Å²) < 4.78 is 5.26. The molecule has 2 N–H and O–H groups in total. The van der Waals surface area contributed by atoms with Crippen molar-refractivity contribution in [3.05, 3.63) is 59.2 Å². The predicted molar refractivity (Wildman–Crippen MR) is 100 cm³/mol. The van der Waals surface area contributed by atoms with Crippen LogP contribution < -0.4 is 10.6 Å². The van der Waals surface area contributed by atoms with Crippen molar-refractivity contribution in [2.24, 2.45) is 0 Å². The zero-order chi connectivity index (χ0) is 17.9. The predicted octanol–water partition coefficient (Wildman–Crippen LogP) is 4.02. The fourth-order valence-corrected chi connectivity index (χ4v) is 3.09. The molecule has 25 heavy (non-hydrogen) atoms. The van der Waals surface area contributed by atoms with Crippen LogP contribution in [0.25, 0.3) is 11.1 Å². The summed E-state index contributed by atoms with van der Waals surface area (Å²) in [6.07, 6.45) is 0.675. The van der Waals surface area contributed by atoms with Gasteiger partial charge >= 0.3 is 6.09 Å². The van der Waals surface area contributed by atoms with Crippen LogP contribution in [-0.2, 0) is 24.2 Å². The molecular formula is C21H26N2O2. The van der Waals surface area contributed by atoms with Crippen LogP contribution in [0.3, 0.4) is 0 Å². The lowest BCUT2D eigenvalue weighted by atomic mass is 9.91. The number of hydrogen-bond donors (Lipinski definition) is 2. The van der Waals surface area contributed by atoms with Crippen molar-refractivity contribution >= 4 is 6.09 Å². The number of nitrogens with one attached hydrogen (secondary N) is 2. The molecule has 0 aliphatic carbocycles. The number of fused-ring (bicyclic) bond motifs is 1. The second kappa shape index (κ2) is 7.28. The minimum absolute atomic E-state index is 0.388. The molecule has 4 heteroatoms. The van der Waals surface area contributed by atoms with E-state index in [0.29, 0.717) is 6.54 Å². The van der Waals surface area contributed by atoms with Gasteiger partial charge in [-0.3, -0.25) is 0 Å². The number of carbonyl (C=O) groups excluding carboxylic acids is 1. The minimum Gasteiger partial charge on any atom is -0.444 e. The lowest BCUT2D eigenvalue weighted by Gasteiger charge is -2.21. The molecule has 4 nitrogen and oxygen atoms in total. The highest BCUT2D eigenvalue weighted by molar-refractivity contribution is 5.70. The van der Waals surface area contributed by atoms with E-state index >= 15 is 0 Å². The van der Waals surface area contributed by atoms with Crippen molar-refractivity contribution in [1.82, 2.24) is 10.6 Å². The number of hydrogen-bond acceptors (Lipinski definition) is 3. The summed E-state index contributed by atoms with van der Waals surface area (Å²) in [5.74, 6) is 0. The highest BCUT2D eigenvalue weighted by Crippen LogP contribution is 2.28. The lowest BCUT2D eigenvalue weighted by Crippen LogP contribution is -2.32.